The van der Waals surface area contributed by atoms with Crippen LogP contribution in [0, 0.1) is 0 Å². The zero-order valence-corrected chi connectivity index (χ0v) is 11.6. The Morgan fingerprint density at radius 3 is 3.00 bits per heavy atom. The fraction of sp³-hybridized carbons (Fsp3) is 0.600. The molecule has 2 rings (SSSR count). The number of fused-ring (bicyclic) bond motifs is 1. The third-order valence-electron chi connectivity index (χ3n) is 3.53. The predicted octanol–water partition coefficient (Wildman–Crippen LogP) is 1.56. The number of aliphatic hydroxyl groups excluding tert-OH is 1. The van der Waals surface area contributed by atoms with Gasteiger partial charge in [-0.2, -0.15) is 0 Å². The Morgan fingerprint density at radius 1 is 1.37 bits per heavy atom. The predicted molar refractivity (Wildman–Crippen MR) is 77.6 cm³/mol. The van der Waals surface area contributed by atoms with Gasteiger partial charge in [-0.25, -0.2) is 0 Å². The number of nitrogens with one attached hydrogen (secondary N) is 1. The van der Waals surface area contributed by atoms with Crippen molar-refractivity contribution in [1.29, 1.82) is 0 Å². The first-order valence-corrected chi connectivity index (χ1v) is 7.12. The van der Waals surface area contributed by atoms with Crippen LogP contribution in [-0.2, 0) is 4.74 Å². The van der Waals surface area contributed by atoms with Crippen molar-refractivity contribution in [3.05, 3.63) is 29.8 Å². The maximum absolute atomic E-state index is 8.71. The number of nitrogens with zero attached hydrogens (tertiary/aromatic N) is 1. The van der Waals surface area contributed by atoms with Gasteiger partial charge in [-0.3, -0.25) is 0 Å². The molecule has 0 aliphatic carbocycles. The molecule has 0 radical (unpaired) electrons. The standard InChI is InChI=1S/C15H24N2O2/c1-2-16-14-7-8-17(9-11-19-12-10-18)15-6-4-3-5-13(14)15/h3-6,14,16,18H,2,7-12H2,1H3. The molecular formula is C15H24N2O2. The van der Waals surface area contributed by atoms with E-state index >= 15 is 0 Å². The molecule has 0 saturated heterocycles. The molecular weight excluding hydrogens is 240 g/mol. The van der Waals surface area contributed by atoms with Gasteiger partial charge in [0.15, 0.2) is 0 Å². The molecule has 2 N–H and O–H groups in total. The second kappa shape index (κ2) is 7.48. The van der Waals surface area contributed by atoms with Gasteiger partial charge in [-0.05, 0) is 24.6 Å². The molecule has 0 fully saturated rings. The molecule has 0 bridgehead atoms. The molecule has 0 spiro atoms. The highest BCUT2D eigenvalue weighted by atomic mass is 16.5. The number of aliphatic hydroxyl groups is 1. The highest BCUT2D eigenvalue weighted by Gasteiger charge is 2.23. The third-order valence-corrected chi connectivity index (χ3v) is 3.53. The van der Waals surface area contributed by atoms with E-state index in [0.29, 0.717) is 19.3 Å². The zero-order chi connectivity index (χ0) is 13.5. The summed E-state index contributed by atoms with van der Waals surface area (Å²) in [5, 5.41) is 12.3. The monoisotopic (exact) mass is 264 g/mol. The summed E-state index contributed by atoms with van der Waals surface area (Å²) in [6.45, 7) is 6.28. The smallest absolute Gasteiger partial charge is 0.0698 e. The Balaban J connectivity index is 2.01. The van der Waals surface area contributed by atoms with Crippen molar-refractivity contribution in [2.45, 2.75) is 19.4 Å². The number of rotatable bonds is 7. The van der Waals surface area contributed by atoms with Gasteiger partial charge < -0.3 is 20.1 Å². The summed E-state index contributed by atoms with van der Waals surface area (Å²) in [5.41, 5.74) is 2.70. The van der Waals surface area contributed by atoms with Crippen LogP contribution in [0.2, 0.25) is 0 Å². The highest BCUT2D eigenvalue weighted by Crippen LogP contribution is 2.33. The van der Waals surface area contributed by atoms with E-state index in [4.69, 9.17) is 9.84 Å². The first kappa shape index (κ1) is 14.3. The van der Waals surface area contributed by atoms with Crippen molar-refractivity contribution in [3.8, 4) is 0 Å². The van der Waals surface area contributed by atoms with E-state index in [1.165, 1.54) is 11.3 Å². The molecule has 4 heteroatoms. The topological polar surface area (TPSA) is 44.7 Å². The summed E-state index contributed by atoms with van der Waals surface area (Å²) in [7, 11) is 0. The quantitative estimate of drug-likeness (QED) is 0.734. The van der Waals surface area contributed by atoms with Crippen LogP contribution in [0.1, 0.15) is 24.9 Å². The average Bonchev–Trinajstić information content (AvgIpc) is 2.46. The van der Waals surface area contributed by atoms with Crippen LogP contribution in [0.15, 0.2) is 24.3 Å². The zero-order valence-electron chi connectivity index (χ0n) is 11.6. The van der Waals surface area contributed by atoms with Crippen molar-refractivity contribution in [2.75, 3.05) is 44.4 Å². The first-order chi connectivity index (χ1) is 9.36. The maximum Gasteiger partial charge on any atom is 0.0698 e. The van der Waals surface area contributed by atoms with Gasteiger partial charge >= 0.3 is 0 Å². The molecule has 0 amide bonds. The lowest BCUT2D eigenvalue weighted by molar-refractivity contribution is 0.0964. The van der Waals surface area contributed by atoms with Crippen LogP contribution >= 0.6 is 0 Å². The van der Waals surface area contributed by atoms with Crippen LogP contribution in [0.25, 0.3) is 0 Å². The molecule has 1 aliphatic rings. The molecule has 1 unspecified atom stereocenters. The highest BCUT2D eigenvalue weighted by molar-refractivity contribution is 5.56. The molecule has 1 aromatic carbocycles. The van der Waals surface area contributed by atoms with E-state index in [-0.39, 0.29) is 6.61 Å². The van der Waals surface area contributed by atoms with Gasteiger partial charge in [0.2, 0.25) is 0 Å². The van der Waals surface area contributed by atoms with E-state index in [0.717, 1.165) is 26.1 Å². The number of hydrogen-bond acceptors (Lipinski definition) is 4. The van der Waals surface area contributed by atoms with E-state index < -0.39 is 0 Å². The van der Waals surface area contributed by atoms with E-state index in [1.807, 2.05) is 0 Å². The van der Waals surface area contributed by atoms with Crippen molar-refractivity contribution in [2.24, 2.45) is 0 Å². The molecule has 0 aromatic heterocycles. The van der Waals surface area contributed by atoms with Gasteiger partial charge in [-0.1, -0.05) is 25.1 Å². The molecule has 0 saturated carbocycles. The first-order valence-electron chi connectivity index (χ1n) is 7.12. The lowest BCUT2D eigenvalue weighted by Crippen LogP contribution is -2.37. The second-order valence-corrected chi connectivity index (χ2v) is 4.78. The summed E-state index contributed by atoms with van der Waals surface area (Å²) in [4.78, 5) is 2.38. The van der Waals surface area contributed by atoms with Crippen LogP contribution in [0.4, 0.5) is 5.69 Å². The lowest BCUT2D eigenvalue weighted by atomic mass is 9.96. The minimum absolute atomic E-state index is 0.0963. The number of para-hydroxylation sites is 1. The number of anilines is 1. The van der Waals surface area contributed by atoms with Crippen LogP contribution < -0.4 is 10.2 Å². The van der Waals surface area contributed by atoms with E-state index in [1.54, 1.807) is 0 Å². The van der Waals surface area contributed by atoms with Crippen LogP contribution in [0.3, 0.4) is 0 Å². The molecule has 19 heavy (non-hydrogen) atoms. The number of ether oxygens (including phenoxy) is 1. The Bertz CT molecular complexity index is 384. The second-order valence-electron chi connectivity index (χ2n) is 4.78. The Labute approximate surface area is 115 Å². The Hall–Kier alpha value is -1.10. The molecule has 106 valence electrons. The van der Waals surface area contributed by atoms with Gasteiger partial charge in [0, 0.05) is 24.8 Å². The largest absolute Gasteiger partial charge is 0.394 e. The van der Waals surface area contributed by atoms with Crippen molar-refractivity contribution < 1.29 is 9.84 Å². The minimum Gasteiger partial charge on any atom is -0.394 e. The van der Waals surface area contributed by atoms with Gasteiger partial charge in [0.1, 0.15) is 0 Å². The molecule has 4 nitrogen and oxygen atoms in total. The SMILES string of the molecule is CCNC1CCN(CCOCCO)c2ccccc21. The van der Waals surface area contributed by atoms with Crippen molar-refractivity contribution in [3.63, 3.8) is 0 Å². The van der Waals surface area contributed by atoms with Crippen molar-refractivity contribution >= 4 is 5.69 Å². The summed E-state index contributed by atoms with van der Waals surface area (Å²) in [6, 6.07) is 9.06. The van der Waals surface area contributed by atoms with E-state index in [2.05, 4.69) is 41.4 Å². The number of hydrogen-bond donors (Lipinski definition) is 2. The summed E-state index contributed by atoms with van der Waals surface area (Å²) in [5.74, 6) is 0. The van der Waals surface area contributed by atoms with Gasteiger partial charge in [-0.15, -0.1) is 0 Å². The van der Waals surface area contributed by atoms with Crippen LogP contribution in [-0.4, -0.2) is 44.6 Å². The summed E-state index contributed by atoms with van der Waals surface area (Å²) >= 11 is 0. The minimum atomic E-state index is 0.0963. The Morgan fingerprint density at radius 2 is 2.21 bits per heavy atom. The lowest BCUT2D eigenvalue weighted by Gasteiger charge is -2.36. The maximum atomic E-state index is 8.71. The average molecular weight is 264 g/mol. The van der Waals surface area contributed by atoms with Crippen molar-refractivity contribution in [1.82, 2.24) is 5.32 Å². The molecule has 1 heterocycles. The van der Waals surface area contributed by atoms with Crippen LogP contribution in [0.5, 0.6) is 0 Å². The normalized spacial score (nSPS) is 18.4. The Kier molecular flexibility index (Phi) is 5.63. The number of benzene rings is 1. The fourth-order valence-electron chi connectivity index (χ4n) is 2.66. The van der Waals surface area contributed by atoms with Gasteiger partial charge in [0.25, 0.3) is 0 Å². The van der Waals surface area contributed by atoms with E-state index in [9.17, 15) is 0 Å². The fourth-order valence-corrected chi connectivity index (χ4v) is 2.66. The summed E-state index contributed by atoms with van der Waals surface area (Å²) in [6.07, 6.45) is 1.13. The molecule has 1 aromatic rings. The molecule has 1 aliphatic heterocycles. The van der Waals surface area contributed by atoms with Gasteiger partial charge in [0.05, 0.1) is 19.8 Å². The third kappa shape index (κ3) is 3.69. The molecule has 1 atom stereocenters. The summed E-state index contributed by atoms with van der Waals surface area (Å²) < 4.78 is 5.37.